The highest BCUT2D eigenvalue weighted by Crippen LogP contribution is 2.10. The first-order chi connectivity index (χ1) is 8.00. The second-order valence-corrected chi connectivity index (χ2v) is 4.72. The van der Waals surface area contributed by atoms with E-state index in [0.717, 1.165) is 5.69 Å². The summed E-state index contributed by atoms with van der Waals surface area (Å²) in [6, 6.07) is 6.28. The van der Waals surface area contributed by atoms with Crippen LogP contribution in [-0.2, 0) is 11.1 Å². The van der Waals surface area contributed by atoms with E-state index in [1.165, 1.54) is 16.8 Å². The molecule has 2 N–H and O–H groups in total. The molecule has 0 fully saturated rings. The lowest BCUT2D eigenvalue weighted by Crippen LogP contribution is -2.15. The number of aryl methyl sites for hydroxylation is 1. The van der Waals surface area contributed by atoms with Crippen molar-refractivity contribution in [2.75, 3.05) is 0 Å². The second-order valence-electron chi connectivity index (χ2n) is 3.75. The fraction of sp³-hybridized carbons (Fsp3) is 0.182. The zero-order chi connectivity index (χ0) is 12.6. The Morgan fingerprint density at radius 3 is 2.24 bits per heavy atom. The number of nitrogens with one attached hydrogen (secondary N) is 1. The van der Waals surface area contributed by atoms with Gasteiger partial charge in [0.15, 0.2) is 11.1 Å². The Labute approximate surface area is 100 Å². The van der Waals surface area contributed by atoms with E-state index in [-0.39, 0.29) is 5.56 Å². The monoisotopic (exact) mass is 252 g/mol. The summed E-state index contributed by atoms with van der Waals surface area (Å²) in [5, 5.41) is 2.94. The molecule has 0 saturated heterocycles. The lowest BCUT2D eigenvalue weighted by atomic mass is 10.3. The van der Waals surface area contributed by atoms with Gasteiger partial charge in [0.05, 0.1) is 10.6 Å². The number of hydrogen-bond donors (Lipinski definition) is 2. The molecule has 90 valence electrons. The third-order valence-electron chi connectivity index (χ3n) is 2.66. The van der Waals surface area contributed by atoms with Gasteiger partial charge in [0, 0.05) is 11.3 Å². The molecule has 0 saturated carbocycles. The first-order valence-corrected chi connectivity index (χ1v) is 6.11. The van der Waals surface area contributed by atoms with Gasteiger partial charge in [-0.15, -0.1) is 0 Å². The predicted molar refractivity (Wildman–Crippen MR) is 64.9 cm³/mol. The zero-order valence-electron chi connectivity index (χ0n) is 9.43. The largest absolute Gasteiger partial charge is 0.302 e. The third-order valence-corrected chi connectivity index (χ3v) is 3.34. The highest BCUT2D eigenvalue weighted by molar-refractivity contribution is 7.79. The smallest absolute Gasteiger partial charge is 0.274 e. The number of aromatic nitrogens is 2. The summed E-state index contributed by atoms with van der Waals surface area (Å²) in [4.78, 5) is 12.1. The van der Waals surface area contributed by atoms with Crippen molar-refractivity contribution in [3.63, 3.8) is 0 Å². The molecule has 6 heteroatoms. The number of benzene rings is 1. The van der Waals surface area contributed by atoms with E-state index >= 15 is 0 Å². The van der Waals surface area contributed by atoms with Gasteiger partial charge >= 0.3 is 0 Å². The summed E-state index contributed by atoms with van der Waals surface area (Å²) in [7, 11) is 0. The average Bonchev–Trinajstić information content (AvgIpc) is 2.57. The van der Waals surface area contributed by atoms with Crippen molar-refractivity contribution in [3.8, 4) is 5.69 Å². The number of nitrogens with zero attached hydrogens (tertiary/aromatic N) is 1. The van der Waals surface area contributed by atoms with Gasteiger partial charge in [-0.3, -0.25) is 9.89 Å². The van der Waals surface area contributed by atoms with E-state index in [9.17, 15) is 9.00 Å². The molecule has 2 rings (SSSR count). The summed E-state index contributed by atoms with van der Waals surface area (Å²) in [6.07, 6.45) is 0. The van der Waals surface area contributed by atoms with Crippen molar-refractivity contribution >= 4 is 11.1 Å². The van der Waals surface area contributed by atoms with Crippen LogP contribution in [0, 0.1) is 13.8 Å². The molecule has 1 aromatic carbocycles. The Kier molecular flexibility index (Phi) is 2.99. The van der Waals surface area contributed by atoms with Crippen molar-refractivity contribution in [1.29, 1.82) is 0 Å². The quantitative estimate of drug-likeness (QED) is 0.792. The maximum Gasteiger partial charge on any atom is 0.274 e. The van der Waals surface area contributed by atoms with E-state index in [0.29, 0.717) is 16.1 Å². The predicted octanol–water partition coefficient (Wildman–Crippen LogP) is 1.36. The molecule has 0 spiro atoms. The van der Waals surface area contributed by atoms with Crippen LogP contribution in [-0.4, -0.2) is 18.5 Å². The van der Waals surface area contributed by atoms with Crippen molar-refractivity contribution in [2.45, 2.75) is 18.7 Å². The van der Waals surface area contributed by atoms with Crippen LogP contribution in [0.15, 0.2) is 34.0 Å². The van der Waals surface area contributed by atoms with Crippen molar-refractivity contribution in [2.24, 2.45) is 0 Å². The second kappa shape index (κ2) is 4.31. The molecule has 0 aliphatic carbocycles. The molecule has 5 nitrogen and oxygen atoms in total. The molecule has 0 radical (unpaired) electrons. The van der Waals surface area contributed by atoms with Crippen molar-refractivity contribution < 1.29 is 8.76 Å². The fourth-order valence-corrected chi connectivity index (χ4v) is 1.89. The summed E-state index contributed by atoms with van der Waals surface area (Å²) in [5.74, 6) is 0. The van der Waals surface area contributed by atoms with Gasteiger partial charge in [0.25, 0.3) is 5.56 Å². The van der Waals surface area contributed by atoms with Crippen molar-refractivity contribution in [3.05, 3.63) is 45.9 Å². The topological polar surface area (TPSA) is 75.1 Å². The van der Waals surface area contributed by atoms with Gasteiger partial charge in [0.2, 0.25) is 0 Å². The van der Waals surface area contributed by atoms with E-state index < -0.39 is 11.1 Å². The molecule has 1 atom stereocenters. The molecule has 1 heterocycles. The first-order valence-electron chi connectivity index (χ1n) is 5.00. The van der Waals surface area contributed by atoms with E-state index in [1.54, 1.807) is 19.1 Å². The van der Waals surface area contributed by atoms with Crippen LogP contribution in [0.1, 0.15) is 11.3 Å². The highest BCUT2D eigenvalue weighted by atomic mass is 32.2. The van der Waals surface area contributed by atoms with Crippen LogP contribution >= 0.6 is 0 Å². The Morgan fingerprint density at radius 1 is 1.24 bits per heavy atom. The van der Waals surface area contributed by atoms with Crippen LogP contribution in [0.2, 0.25) is 0 Å². The van der Waals surface area contributed by atoms with Crippen LogP contribution in [0.5, 0.6) is 0 Å². The maximum atomic E-state index is 11.8. The minimum Gasteiger partial charge on any atom is -0.302 e. The van der Waals surface area contributed by atoms with Gasteiger partial charge < -0.3 is 4.55 Å². The minimum absolute atomic E-state index is 0.111. The normalized spacial score (nSPS) is 12.6. The molecule has 17 heavy (non-hydrogen) atoms. The van der Waals surface area contributed by atoms with E-state index in [4.69, 9.17) is 4.55 Å². The molecule has 0 bridgehead atoms. The molecule has 1 unspecified atom stereocenters. The Morgan fingerprint density at radius 2 is 1.82 bits per heavy atom. The number of rotatable bonds is 2. The number of H-pyrrole nitrogens is 1. The third kappa shape index (κ3) is 2.09. The standard InChI is InChI=1S/C11H12N2O3S/c1-7-8(2)12-13(11(7)14)9-3-5-10(6-4-9)17(15)16/h3-6,12H,1-2H3,(H,15,16). The minimum atomic E-state index is -2.00. The Balaban J connectivity index is 2.50. The van der Waals surface area contributed by atoms with E-state index in [1.807, 2.05) is 6.92 Å². The summed E-state index contributed by atoms with van der Waals surface area (Å²) >= 11 is -2.00. The SMILES string of the molecule is Cc1[nH]n(-c2ccc(S(=O)O)cc2)c(=O)c1C. The average molecular weight is 252 g/mol. The lowest BCUT2D eigenvalue weighted by Gasteiger charge is -2.02. The van der Waals surface area contributed by atoms with Gasteiger partial charge in [-0.1, -0.05) is 0 Å². The molecule has 0 amide bonds. The molecular formula is C11H12N2O3S. The molecule has 1 aromatic heterocycles. The van der Waals surface area contributed by atoms with E-state index in [2.05, 4.69) is 5.10 Å². The van der Waals surface area contributed by atoms with Crippen LogP contribution in [0.4, 0.5) is 0 Å². The van der Waals surface area contributed by atoms with Crippen LogP contribution < -0.4 is 5.56 Å². The summed E-state index contributed by atoms with van der Waals surface area (Å²) in [6.45, 7) is 3.58. The van der Waals surface area contributed by atoms with Gasteiger partial charge in [-0.05, 0) is 38.1 Å². The van der Waals surface area contributed by atoms with Gasteiger partial charge in [-0.25, -0.2) is 8.89 Å². The lowest BCUT2D eigenvalue weighted by molar-refractivity contribution is 0.564. The Hall–Kier alpha value is -1.66. The van der Waals surface area contributed by atoms with Crippen LogP contribution in [0.25, 0.3) is 5.69 Å². The fourth-order valence-electron chi connectivity index (χ4n) is 1.52. The van der Waals surface area contributed by atoms with Gasteiger partial charge in [-0.2, -0.15) is 0 Å². The molecule has 0 aliphatic rings. The van der Waals surface area contributed by atoms with Crippen molar-refractivity contribution in [1.82, 2.24) is 9.78 Å². The molecule has 2 aromatic rings. The summed E-state index contributed by atoms with van der Waals surface area (Å²) in [5.41, 5.74) is 2.00. The molecular weight excluding hydrogens is 240 g/mol. The highest BCUT2D eigenvalue weighted by Gasteiger charge is 2.08. The Bertz CT molecular complexity index is 625. The summed E-state index contributed by atoms with van der Waals surface area (Å²) < 4.78 is 21.1. The first kappa shape index (κ1) is 11.8. The van der Waals surface area contributed by atoms with Gasteiger partial charge in [0.1, 0.15) is 0 Å². The van der Waals surface area contributed by atoms with Crippen LogP contribution in [0.3, 0.4) is 0 Å². The number of aromatic amines is 1. The molecule has 0 aliphatic heterocycles. The maximum absolute atomic E-state index is 11.8. The number of hydrogen-bond acceptors (Lipinski definition) is 2. The zero-order valence-corrected chi connectivity index (χ0v) is 10.2.